The summed E-state index contributed by atoms with van der Waals surface area (Å²) in [6.07, 6.45) is 8.28. The van der Waals surface area contributed by atoms with Crippen molar-refractivity contribution in [1.29, 1.82) is 0 Å². The number of methoxy groups -OCH3 is 1. The fourth-order valence-corrected chi connectivity index (χ4v) is 4.27. The lowest BCUT2D eigenvalue weighted by molar-refractivity contribution is -0.119. The molecule has 10 heteroatoms. The van der Waals surface area contributed by atoms with E-state index in [1.807, 2.05) is 74.2 Å². The molecule has 4 aromatic rings. The average molecular weight is 531 g/mol. The first-order chi connectivity index (χ1) is 18.7. The van der Waals surface area contributed by atoms with E-state index < -0.39 is 0 Å². The maximum atomic E-state index is 10.9. The number of amides is 1. The van der Waals surface area contributed by atoms with Crippen molar-refractivity contribution in [2.45, 2.75) is 51.8 Å². The first-order valence-electron chi connectivity index (χ1n) is 13.1. The molecule has 1 aliphatic rings. The number of hydrogen-bond acceptors (Lipinski definition) is 8. The number of pyridine rings is 2. The molecule has 4 heterocycles. The van der Waals surface area contributed by atoms with Gasteiger partial charge in [0.25, 0.3) is 0 Å². The second-order valence-corrected chi connectivity index (χ2v) is 10.7. The fraction of sp³-hybridized carbons (Fsp3) is 0.379. The van der Waals surface area contributed by atoms with Crippen molar-refractivity contribution >= 4 is 28.8 Å². The molecule has 1 aromatic carbocycles. The Morgan fingerprint density at radius 1 is 1.15 bits per heavy atom. The van der Waals surface area contributed by atoms with E-state index in [-0.39, 0.29) is 11.6 Å². The van der Waals surface area contributed by atoms with Crippen LogP contribution < -0.4 is 16.6 Å². The summed E-state index contributed by atoms with van der Waals surface area (Å²) in [6, 6.07) is 14.0. The van der Waals surface area contributed by atoms with Crippen molar-refractivity contribution < 1.29 is 9.53 Å². The first-order valence-corrected chi connectivity index (χ1v) is 13.1. The lowest BCUT2D eigenvalue weighted by Crippen LogP contribution is -2.33. The summed E-state index contributed by atoms with van der Waals surface area (Å²) >= 11 is 0. The number of benzene rings is 1. The zero-order valence-electron chi connectivity index (χ0n) is 23.1. The topological polar surface area (TPSA) is 128 Å². The second kappa shape index (κ2) is 12.2. The number of carbonyl (C=O) groups is 1. The molecule has 0 aliphatic carbocycles. The Hall–Kier alpha value is -4.02. The van der Waals surface area contributed by atoms with Crippen molar-refractivity contribution in [2.75, 3.05) is 30.9 Å². The molecular formula is C29H38N8O2. The van der Waals surface area contributed by atoms with Gasteiger partial charge in [-0.3, -0.25) is 19.5 Å². The first kappa shape index (κ1) is 28.0. The molecule has 10 nitrogen and oxygen atoms in total. The molecule has 5 rings (SSSR count). The SMILES string of the molecule is COC(C)(C)C.Nc1ccc(-c2cnn(C3CCN(C=O)CC3)c2)nc1N(N)Cc1ccc2ncccc2c1. The molecule has 1 aliphatic heterocycles. The number of hydrogen-bond donors (Lipinski definition) is 2. The third kappa shape index (κ3) is 7.30. The van der Waals surface area contributed by atoms with Gasteiger partial charge >= 0.3 is 0 Å². The molecule has 39 heavy (non-hydrogen) atoms. The van der Waals surface area contributed by atoms with Crippen molar-refractivity contribution in [1.82, 2.24) is 24.6 Å². The Labute approximate surface area is 229 Å². The highest BCUT2D eigenvalue weighted by atomic mass is 16.5. The number of hydrazine groups is 1. The average Bonchev–Trinajstić information content (AvgIpc) is 3.43. The van der Waals surface area contributed by atoms with E-state index in [1.165, 1.54) is 0 Å². The molecule has 3 aromatic heterocycles. The quantitative estimate of drug-likeness (QED) is 0.216. The van der Waals surface area contributed by atoms with Gasteiger partial charge in [-0.2, -0.15) is 5.10 Å². The van der Waals surface area contributed by atoms with Crippen LogP contribution in [0.3, 0.4) is 0 Å². The van der Waals surface area contributed by atoms with Crippen LogP contribution in [0.5, 0.6) is 0 Å². The van der Waals surface area contributed by atoms with Crippen LogP contribution in [0.2, 0.25) is 0 Å². The summed E-state index contributed by atoms with van der Waals surface area (Å²) in [5.74, 6) is 6.91. The minimum absolute atomic E-state index is 0.0417. The van der Waals surface area contributed by atoms with E-state index >= 15 is 0 Å². The molecule has 1 fully saturated rings. The Bertz CT molecular complexity index is 1390. The number of nitrogens with zero attached hydrogens (tertiary/aromatic N) is 6. The molecule has 0 atom stereocenters. The van der Waals surface area contributed by atoms with E-state index in [0.717, 1.165) is 60.1 Å². The summed E-state index contributed by atoms with van der Waals surface area (Å²) in [7, 11) is 1.71. The zero-order chi connectivity index (χ0) is 28.0. The van der Waals surface area contributed by atoms with E-state index in [2.05, 4.69) is 16.1 Å². The molecule has 0 radical (unpaired) electrons. The summed E-state index contributed by atoms with van der Waals surface area (Å²) < 4.78 is 6.91. The Kier molecular flexibility index (Phi) is 8.78. The van der Waals surface area contributed by atoms with Gasteiger partial charge in [0.2, 0.25) is 6.41 Å². The largest absolute Gasteiger partial charge is 0.396 e. The summed E-state index contributed by atoms with van der Waals surface area (Å²) in [5, 5.41) is 7.17. The van der Waals surface area contributed by atoms with Crippen LogP contribution in [-0.2, 0) is 16.1 Å². The van der Waals surface area contributed by atoms with Gasteiger partial charge in [0.1, 0.15) is 0 Å². The van der Waals surface area contributed by atoms with Crippen LogP contribution in [0.1, 0.15) is 45.2 Å². The van der Waals surface area contributed by atoms with Gasteiger partial charge in [-0.15, -0.1) is 0 Å². The Balaban J connectivity index is 0.000000531. The highest BCUT2D eigenvalue weighted by molar-refractivity contribution is 5.79. The van der Waals surface area contributed by atoms with Crippen LogP contribution in [0.15, 0.2) is 61.1 Å². The van der Waals surface area contributed by atoms with E-state index in [1.54, 1.807) is 23.2 Å². The number of rotatable bonds is 6. The smallest absolute Gasteiger partial charge is 0.209 e. The number of nitrogens with two attached hydrogens (primary N) is 2. The molecule has 1 saturated heterocycles. The minimum Gasteiger partial charge on any atom is -0.396 e. The normalized spacial score (nSPS) is 14.1. The lowest BCUT2D eigenvalue weighted by atomic mass is 10.1. The second-order valence-electron chi connectivity index (χ2n) is 10.7. The standard InChI is InChI=1S/C24H26N8O.C5H12O/c25-21-4-6-23(19-13-28-32(15-19)20-7-10-30(16-33)11-8-20)29-24(21)31(26)14-17-3-5-22-18(12-17)2-1-9-27-22;1-5(2,3)6-4/h1-6,9,12-13,15-16,20H,7-8,10-11,14,25-26H2;1-4H3. The number of anilines is 2. The van der Waals surface area contributed by atoms with Crippen LogP contribution in [0, 0.1) is 0 Å². The van der Waals surface area contributed by atoms with Crippen LogP contribution in [0.4, 0.5) is 11.5 Å². The highest BCUT2D eigenvalue weighted by Crippen LogP contribution is 2.28. The highest BCUT2D eigenvalue weighted by Gasteiger charge is 2.21. The van der Waals surface area contributed by atoms with Gasteiger partial charge in [-0.1, -0.05) is 12.1 Å². The van der Waals surface area contributed by atoms with Gasteiger partial charge in [-0.25, -0.2) is 10.8 Å². The molecule has 206 valence electrons. The monoisotopic (exact) mass is 530 g/mol. The molecule has 0 saturated carbocycles. The van der Waals surface area contributed by atoms with Gasteiger partial charge in [0.05, 0.1) is 41.3 Å². The minimum atomic E-state index is 0.0417. The van der Waals surface area contributed by atoms with E-state index in [4.69, 9.17) is 21.3 Å². The van der Waals surface area contributed by atoms with Gasteiger partial charge < -0.3 is 15.4 Å². The molecule has 0 spiro atoms. The summed E-state index contributed by atoms with van der Waals surface area (Å²) in [4.78, 5) is 21.9. The zero-order valence-corrected chi connectivity index (χ0v) is 23.1. The predicted octanol–water partition coefficient (Wildman–Crippen LogP) is 4.18. The molecular weight excluding hydrogens is 492 g/mol. The number of piperidine rings is 1. The molecule has 1 amide bonds. The number of carbonyl (C=O) groups excluding carboxylic acids is 1. The van der Waals surface area contributed by atoms with Crippen molar-refractivity contribution in [2.24, 2.45) is 5.84 Å². The van der Waals surface area contributed by atoms with Crippen LogP contribution in [0.25, 0.3) is 22.2 Å². The number of nitrogen functional groups attached to an aromatic ring is 1. The molecule has 4 N–H and O–H groups in total. The fourth-order valence-electron chi connectivity index (χ4n) is 4.27. The number of fused-ring (bicyclic) bond motifs is 1. The predicted molar refractivity (Wildman–Crippen MR) is 155 cm³/mol. The van der Waals surface area contributed by atoms with Gasteiger partial charge in [0.15, 0.2) is 5.82 Å². The van der Waals surface area contributed by atoms with E-state index in [9.17, 15) is 4.79 Å². The maximum absolute atomic E-state index is 10.9. The third-order valence-corrected chi connectivity index (χ3v) is 6.73. The van der Waals surface area contributed by atoms with Crippen LogP contribution >= 0.6 is 0 Å². The van der Waals surface area contributed by atoms with E-state index in [0.29, 0.717) is 18.1 Å². The van der Waals surface area contributed by atoms with Crippen molar-refractivity contribution in [3.05, 3.63) is 66.6 Å². The van der Waals surface area contributed by atoms with Crippen LogP contribution in [-0.4, -0.2) is 56.9 Å². The Morgan fingerprint density at radius 3 is 2.59 bits per heavy atom. The summed E-state index contributed by atoms with van der Waals surface area (Å²) in [5.41, 5.74) is 10.4. The van der Waals surface area contributed by atoms with Crippen molar-refractivity contribution in [3.8, 4) is 11.3 Å². The van der Waals surface area contributed by atoms with Crippen molar-refractivity contribution in [3.63, 3.8) is 0 Å². The lowest BCUT2D eigenvalue weighted by Gasteiger charge is -2.29. The van der Waals surface area contributed by atoms with Gasteiger partial charge in [-0.05, 0) is 69.5 Å². The number of aromatic nitrogens is 4. The van der Waals surface area contributed by atoms with Gasteiger partial charge in [0, 0.05) is 43.5 Å². The maximum Gasteiger partial charge on any atom is 0.209 e. The third-order valence-electron chi connectivity index (χ3n) is 6.73. The Morgan fingerprint density at radius 2 is 1.90 bits per heavy atom. The number of likely N-dealkylation sites (tertiary alicyclic amines) is 1. The molecule has 0 unspecified atom stereocenters. The summed E-state index contributed by atoms with van der Waals surface area (Å²) in [6.45, 7) is 8.02. The number of ether oxygens (including phenoxy) is 1. The molecule has 0 bridgehead atoms.